The van der Waals surface area contributed by atoms with Crippen LogP contribution in [0, 0.1) is 5.82 Å². The van der Waals surface area contributed by atoms with Crippen LogP contribution < -0.4 is 5.73 Å². The fraction of sp³-hybridized carbons (Fsp3) is 0. The molecule has 1 aromatic rings. The second-order valence-electron chi connectivity index (χ2n) is 2.11. The van der Waals surface area contributed by atoms with Gasteiger partial charge in [-0.1, -0.05) is 15.9 Å². The van der Waals surface area contributed by atoms with Gasteiger partial charge in [0, 0.05) is 4.47 Å². The van der Waals surface area contributed by atoms with E-state index in [-0.39, 0.29) is 10.0 Å². The molecule has 1 rings (SSSR count). The summed E-state index contributed by atoms with van der Waals surface area (Å²) >= 11 is 6.06. The Labute approximate surface area is 85.2 Å². The van der Waals surface area contributed by atoms with E-state index in [1.54, 1.807) is 0 Å². The molecule has 0 aliphatic heterocycles. The predicted molar refractivity (Wildman–Crippen MR) is 50.3 cm³/mol. The summed E-state index contributed by atoms with van der Waals surface area (Å²) in [6.45, 7) is 0. The zero-order valence-electron chi connectivity index (χ0n) is 5.77. The van der Waals surface area contributed by atoms with Crippen molar-refractivity contribution < 1.29 is 9.18 Å². The summed E-state index contributed by atoms with van der Waals surface area (Å²) in [5.74, 6) is -1.42. The van der Waals surface area contributed by atoms with E-state index in [4.69, 9.17) is 5.73 Å². The third kappa shape index (κ3) is 1.84. The Morgan fingerprint density at radius 3 is 2.50 bits per heavy atom. The Kier molecular flexibility index (Phi) is 2.85. The molecule has 0 aliphatic carbocycles. The summed E-state index contributed by atoms with van der Waals surface area (Å²) in [7, 11) is 0. The van der Waals surface area contributed by atoms with Crippen molar-refractivity contribution in [1.82, 2.24) is 0 Å². The van der Waals surface area contributed by atoms with Crippen molar-refractivity contribution in [2.24, 2.45) is 5.73 Å². The van der Waals surface area contributed by atoms with Crippen LogP contribution in [0.4, 0.5) is 4.39 Å². The number of benzene rings is 1. The molecule has 0 aliphatic rings. The minimum absolute atomic E-state index is 0.128. The Hall–Kier alpha value is -0.420. The maximum Gasteiger partial charge on any atom is 0.251 e. The third-order valence-corrected chi connectivity index (χ3v) is 2.29. The number of halogens is 3. The first-order valence-electron chi connectivity index (χ1n) is 2.96. The minimum Gasteiger partial charge on any atom is -0.366 e. The summed E-state index contributed by atoms with van der Waals surface area (Å²) in [5.41, 5.74) is 4.80. The van der Waals surface area contributed by atoms with Crippen LogP contribution in [0.5, 0.6) is 0 Å². The molecule has 5 heteroatoms. The lowest BCUT2D eigenvalue weighted by Gasteiger charge is -2.01. The van der Waals surface area contributed by atoms with Crippen LogP contribution in [0.15, 0.2) is 21.1 Å². The highest BCUT2D eigenvalue weighted by Crippen LogP contribution is 2.24. The van der Waals surface area contributed by atoms with E-state index in [9.17, 15) is 9.18 Å². The number of rotatable bonds is 1. The van der Waals surface area contributed by atoms with Gasteiger partial charge in [-0.05, 0) is 28.1 Å². The number of carbonyl (C=O) groups excluding carboxylic acids is 1. The molecule has 1 aromatic carbocycles. The van der Waals surface area contributed by atoms with Crippen LogP contribution in [0.3, 0.4) is 0 Å². The first kappa shape index (κ1) is 9.67. The zero-order chi connectivity index (χ0) is 9.30. The maximum atomic E-state index is 13.1. The van der Waals surface area contributed by atoms with Gasteiger partial charge in [0.1, 0.15) is 5.82 Å². The standard InChI is InChI=1S/C7H4Br2FNO/c8-3-1-4(7(11)12)6(10)5(9)2-3/h1-2H,(H2,11,12). The van der Waals surface area contributed by atoms with E-state index in [1.165, 1.54) is 12.1 Å². The highest BCUT2D eigenvalue weighted by atomic mass is 79.9. The molecule has 0 radical (unpaired) electrons. The molecule has 0 saturated heterocycles. The smallest absolute Gasteiger partial charge is 0.251 e. The van der Waals surface area contributed by atoms with Crippen LogP contribution in [-0.4, -0.2) is 5.91 Å². The van der Waals surface area contributed by atoms with Crippen LogP contribution in [0.1, 0.15) is 10.4 Å². The lowest BCUT2D eigenvalue weighted by molar-refractivity contribution is 0.0996. The average Bonchev–Trinajstić information content (AvgIpc) is 1.96. The average molecular weight is 297 g/mol. The summed E-state index contributed by atoms with van der Waals surface area (Å²) < 4.78 is 13.9. The van der Waals surface area contributed by atoms with Crippen LogP contribution in [0.25, 0.3) is 0 Å². The SMILES string of the molecule is NC(=O)c1cc(Br)cc(Br)c1F. The van der Waals surface area contributed by atoms with Gasteiger partial charge in [0.15, 0.2) is 0 Å². The van der Waals surface area contributed by atoms with Gasteiger partial charge >= 0.3 is 0 Å². The number of carbonyl (C=O) groups is 1. The molecule has 2 N–H and O–H groups in total. The van der Waals surface area contributed by atoms with E-state index >= 15 is 0 Å². The van der Waals surface area contributed by atoms with Gasteiger partial charge in [-0.15, -0.1) is 0 Å². The van der Waals surface area contributed by atoms with Gasteiger partial charge in [-0.2, -0.15) is 0 Å². The summed E-state index contributed by atoms with van der Waals surface area (Å²) in [6.07, 6.45) is 0. The van der Waals surface area contributed by atoms with E-state index in [2.05, 4.69) is 31.9 Å². The monoisotopic (exact) mass is 295 g/mol. The molecule has 0 saturated carbocycles. The predicted octanol–water partition coefficient (Wildman–Crippen LogP) is 2.45. The van der Waals surface area contributed by atoms with Crippen molar-refractivity contribution in [2.45, 2.75) is 0 Å². The Balaban J connectivity index is 3.37. The van der Waals surface area contributed by atoms with Crippen molar-refractivity contribution >= 4 is 37.8 Å². The minimum atomic E-state index is -0.783. The van der Waals surface area contributed by atoms with Gasteiger partial charge in [-0.3, -0.25) is 4.79 Å². The number of nitrogens with two attached hydrogens (primary N) is 1. The molecule has 12 heavy (non-hydrogen) atoms. The van der Waals surface area contributed by atoms with Crippen molar-refractivity contribution in [3.63, 3.8) is 0 Å². The fourth-order valence-electron chi connectivity index (χ4n) is 0.735. The summed E-state index contributed by atoms with van der Waals surface area (Å²) in [4.78, 5) is 10.7. The molecule has 1 amide bonds. The first-order valence-corrected chi connectivity index (χ1v) is 4.55. The largest absolute Gasteiger partial charge is 0.366 e. The Morgan fingerprint density at radius 1 is 1.42 bits per heavy atom. The third-order valence-electron chi connectivity index (χ3n) is 1.26. The molecule has 0 spiro atoms. The molecule has 0 heterocycles. The van der Waals surface area contributed by atoms with E-state index in [0.717, 1.165) is 0 Å². The molecular weight excluding hydrogens is 293 g/mol. The van der Waals surface area contributed by atoms with Crippen molar-refractivity contribution in [2.75, 3.05) is 0 Å². The van der Waals surface area contributed by atoms with Crippen LogP contribution in [0.2, 0.25) is 0 Å². The van der Waals surface area contributed by atoms with Crippen molar-refractivity contribution in [3.8, 4) is 0 Å². The summed E-state index contributed by atoms with van der Waals surface area (Å²) in [6, 6.07) is 2.84. The van der Waals surface area contributed by atoms with Crippen LogP contribution >= 0.6 is 31.9 Å². The van der Waals surface area contributed by atoms with E-state index in [0.29, 0.717) is 4.47 Å². The highest BCUT2D eigenvalue weighted by Gasteiger charge is 2.12. The van der Waals surface area contributed by atoms with Gasteiger partial charge in [0.2, 0.25) is 0 Å². The highest BCUT2D eigenvalue weighted by molar-refractivity contribution is 9.11. The van der Waals surface area contributed by atoms with E-state index < -0.39 is 11.7 Å². The van der Waals surface area contributed by atoms with E-state index in [1.807, 2.05) is 0 Å². The van der Waals surface area contributed by atoms with Gasteiger partial charge in [0.25, 0.3) is 5.91 Å². The molecular formula is C7H4Br2FNO. The Bertz CT molecular complexity index is 340. The number of primary amides is 1. The molecule has 0 aromatic heterocycles. The second kappa shape index (κ2) is 3.53. The molecule has 0 fully saturated rings. The maximum absolute atomic E-state index is 13.1. The zero-order valence-corrected chi connectivity index (χ0v) is 8.95. The molecule has 64 valence electrons. The summed E-state index contributed by atoms with van der Waals surface area (Å²) in [5, 5.41) is 0. The van der Waals surface area contributed by atoms with Gasteiger partial charge in [-0.25, -0.2) is 4.39 Å². The first-order chi connectivity index (χ1) is 5.52. The van der Waals surface area contributed by atoms with Gasteiger partial charge in [0.05, 0.1) is 10.0 Å². The second-order valence-corrected chi connectivity index (χ2v) is 3.88. The molecule has 0 bridgehead atoms. The number of amides is 1. The molecule has 0 atom stereocenters. The number of hydrogen-bond donors (Lipinski definition) is 1. The normalized spacial score (nSPS) is 9.92. The van der Waals surface area contributed by atoms with Crippen molar-refractivity contribution in [1.29, 1.82) is 0 Å². The molecule has 0 unspecified atom stereocenters. The lowest BCUT2D eigenvalue weighted by atomic mass is 10.2. The molecule has 2 nitrogen and oxygen atoms in total. The fourth-order valence-corrected chi connectivity index (χ4v) is 1.96. The number of hydrogen-bond acceptors (Lipinski definition) is 1. The topological polar surface area (TPSA) is 43.1 Å². The van der Waals surface area contributed by atoms with Gasteiger partial charge < -0.3 is 5.73 Å². The quantitative estimate of drug-likeness (QED) is 0.795. The lowest BCUT2D eigenvalue weighted by Crippen LogP contribution is -2.13. The Morgan fingerprint density at radius 2 is 2.00 bits per heavy atom. The van der Waals surface area contributed by atoms with Crippen molar-refractivity contribution in [3.05, 3.63) is 32.5 Å². The van der Waals surface area contributed by atoms with Crippen LogP contribution in [-0.2, 0) is 0 Å².